The predicted octanol–water partition coefficient (Wildman–Crippen LogP) is 3.78. The number of amides is 1. The Balaban J connectivity index is 1.33. The van der Waals surface area contributed by atoms with Crippen molar-refractivity contribution in [1.29, 1.82) is 0 Å². The number of halogens is 2. The Bertz CT molecular complexity index is 1330. The third-order valence-electron chi connectivity index (χ3n) is 5.21. The van der Waals surface area contributed by atoms with Crippen LogP contribution in [-0.4, -0.2) is 44.1 Å². The summed E-state index contributed by atoms with van der Waals surface area (Å²) >= 11 is 3.36. The van der Waals surface area contributed by atoms with Crippen molar-refractivity contribution in [3.8, 4) is 11.3 Å². The standard InChI is InChI=1S/C23H21BrFN5O2/c1-29(9-3-6-18-12-21(28-27-18)15-4-2-5-17(25)10-15)22(31)13-30-14-26-20-8-7-16(24)11-19(20)23(30)32/h2,4-5,7-8,10-12,14H,3,6,9,13H2,1H3,(H,27,28). The van der Waals surface area contributed by atoms with Gasteiger partial charge in [0.25, 0.3) is 5.56 Å². The summed E-state index contributed by atoms with van der Waals surface area (Å²) in [6, 6.07) is 13.5. The van der Waals surface area contributed by atoms with Gasteiger partial charge in [0.05, 0.1) is 22.9 Å². The van der Waals surface area contributed by atoms with Crippen molar-refractivity contribution in [3.05, 3.63) is 81.2 Å². The molecule has 0 fully saturated rings. The summed E-state index contributed by atoms with van der Waals surface area (Å²) in [5.41, 5.74) is 2.64. The average molecular weight is 498 g/mol. The third kappa shape index (κ3) is 4.94. The maximum Gasteiger partial charge on any atom is 0.261 e. The van der Waals surface area contributed by atoms with Gasteiger partial charge in [-0.3, -0.25) is 19.3 Å². The molecule has 0 aliphatic carbocycles. The van der Waals surface area contributed by atoms with Crippen molar-refractivity contribution in [1.82, 2.24) is 24.6 Å². The van der Waals surface area contributed by atoms with E-state index >= 15 is 0 Å². The first kappa shape index (κ1) is 21.9. The summed E-state index contributed by atoms with van der Waals surface area (Å²) in [6.45, 7) is 0.451. The number of fused-ring (bicyclic) bond motifs is 1. The van der Waals surface area contributed by atoms with Crippen molar-refractivity contribution in [2.75, 3.05) is 13.6 Å². The number of aromatic amines is 1. The van der Waals surface area contributed by atoms with Gasteiger partial charge in [0.15, 0.2) is 0 Å². The van der Waals surface area contributed by atoms with Gasteiger partial charge in [-0.05, 0) is 49.2 Å². The van der Waals surface area contributed by atoms with Gasteiger partial charge in [-0.2, -0.15) is 5.10 Å². The average Bonchev–Trinajstić information content (AvgIpc) is 3.25. The molecule has 0 bridgehead atoms. The first-order chi connectivity index (χ1) is 15.4. The van der Waals surface area contributed by atoms with Crippen LogP contribution in [0.1, 0.15) is 12.1 Å². The highest BCUT2D eigenvalue weighted by molar-refractivity contribution is 9.10. The van der Waals surface area contributed by atoms with E-state index in [2.05, 4.69) is 31.1 Å². The Labute approximate surface area is 192 Å². The van der Waals surface area contributed by atoms with E-state index in [1.165, 1.54) is 23.0 Å². The van der Waals surface area contributed by atoms with Crippen molar-refractivity contribution in [2.45, 2.75) is 19.4 Å². The maximum absolute atomic E-state index is 13.4. The smallest absolute Gasteiger partial charge is 0.261 e. The molecule has 9 heteroatoms. The summed E-state index contributed by atoms with van der Waals surface area (Å²) in [5, 5.41) is 7.66. The molecule has 164 valence electrons. The first-order valence-corrected chi connectivity index (χ1v) is 10.9. The molecule has 1 amide bonds. The molecular weight excluding hydrogens is 477 g/mol. The van der Waals surface area contributed by atoms with Crippen LogP contribution in [0, 0.1) is 5.82 Å². The highest BCUT2D eigenvalue weighted by atomic mass is 79.9. The molecule has 2 heterocycles. The molecule has 0 spiro atoms. The van der Waals surface area contributed by atoms with Gasteiger partial charge in [-0.15, -0.1) is 0 Å². The lowest BCUT2D eigenvalue weighted by Crippen LogP contribution is -2.34. The fraction of sp³-hybridized carbons (Fsp3) is 0.217. The van der Waals surface area contributed by atoms with Gasteiger partial charge in [-0.1, -0.05) is 28.1 Å². The van der Waals surface area contributed by atoms with Crippen molar-refractivity contribution in [2.24, 2.45) is 0 Å². The van der Waals surface area contributed by atoms with Gasteiger partial charge in [0, 0.05) is 29.3 Å². The van der Waals surface area contributed by atoms with Crippen molar-refractivity contribution >= 4 is 32.7 Å². The van der Waals surface area contributed by atoms with Crippen LogP contribution in [0.2, 0.25) is 0 Å². The number of carbonyl (C=O) groups excluding carboxylic acids is 1. The number of aryl methyl sites for hydroxylation is 1. The van der Waals surface area contributed by atoms with E-state index in [9.17, 15) is 14.0 Å². The molecule has 2 aromatic carbocycles. The second-order valence-corrected chi connectivity index (χ2v) is 8.46. The summed E-state index contributed by atoms with van der Waals surface area (Å²) in [6.07, 6.45) is 2.80. The Hall–Kier alpha value is -3.33. The largest absolute Gasteiger partial charge is 0.344 e. The van der Waals surface area contributed by atoms with E-state index < -0.39 is 0 Å². The molecule has 4 rings (SSSR count). The SMILES string of the molecule is CN(CCCc1cc(-c2cccc(F)c2)n[nH]1)C(=O)Cn1cnc2ccc(Br)cc2c1=O. The van der Waals surface area contributed by atoms with E-state index in [0.717, 1.165) is 10.2 Å². The van der Waals surface area contributed by atoms with E-state index in [1.54, 1.807) is 36.2 Å². The summed E-state index contributed by atoms with van der Waals surface area (Å²) < 4.78 is 15.5. The fourth-order valence-electron chi connectivity index (χ4n) is 3.43. The molecule has 32 heavy (non-hydrogen) atoms. The molecule has 0 unspecified atom stereocenters. The van der Waals surface area contributed by atoms with Crippen LogP contribution in [0.15, 0.2) is 64.1 Å². The number of likely N-dealkylation sites (N-methyl/N-ethyl adjacent to an activating group) is 1. The normalized spacial score (nSPS) is 11.1. The Morgan fingerprint density at radius 1 is 1.22 bits per heavy atom. The van der Waals surface area contributed by atoms with Gasteiger partial charge < -0.3 is 4.90 Å². The van der Waals surface area contributed by atoms with E-state index in [4.69, 9.17) is 0 Å². The quantitative estimate of drug-likeness (QED) is 0.421. The number of hydrogen-bond acceptors (Lipinski definition) is 4. The molecule has 0 atom stereocenters. The van der Waals surface area contributed by atoms with E-state index in [-0.39, 0.29) is 23.8 Å². The molecule has 0 radical (unpaired) electrons. The molecule has 7 nitrogen and oxygen atoms in total. The summed E-state index contributed by atoms with van der Waals surface area (Å²) in [5.74, 6) is -0.478. The molecule has 0 aliphatic heterocycles. The summed E-state index contributed by atoms with van der Waals surface area (Å²) in [7, 11) is 1.71. The highest BCUT2D eigenvalue weighted by Gasteiger charge is 2.13. The van der Waals surface area contributed by atoms with Crippen LogP contribution in [0.3, 0.4) is 0 Å². The molecular formula is C23H21BrFN5O2. The zero-order chi connectivity index (χ0) is 22.7. The van der Waals surface area contributed by atoms with Crippen LogP contribution >= 0.6 is 15.9 Å². The minimum Gasteiger partial charge on any atom is -0.344 e. The van der Waals surface area contributed by atoms with Crippen molar-refractivity contribution in [3.63, 3.8) is 0 Å². The third-order valence-corrected chi connectivity index (χ3v) is 5.70. The number of nitrogens with zero attached hydrogens (tertiary/aromatic N) is 4. The fourth-order valence-corrected chi connectivity index (χ4v) is 3.79. The molecule has 2 aromatic heterocycles. The van der Waals surface area contributed by atoms with Gasteiger partial charge >= 0.3 is 0 Å². The topological polar surface area (TPSA) is 83.9 Å². The predicted molar refractivity (Wildman–Crippen MR) is 124 cm³/mol. The lowest BCUT2D eigenvalue weighted by Gasteiger charge is -2.17. The molecule has 4 aromatic rings. The lowest BCUT2D eigenvalue weighted by molar-refractivity contribution is -0.130. The number of benzene rings is 2. The van der Waals surface area contributed by atoms with Gasteiger partial charge in [0.2, 0.25) is 5.91 Å². The molecule has 0 saturated heterocycles. The zero-order valence-corrected chi connectivity index (χ0v) is 19.0. The van der Waals surface area contributed by atoms with E-state index in [1.807, 2.05) is 12.1 Å². The highest BCUT2D eigenvalue weighted by Crippen LogP contribution is 2.19. The number of carbonyl (C=O) groups is 1. The minimum absolute atomic E-state index is 0.0709. The Morgan fingerprint density at radius 2 is 2.06 bits per heavy atom. The molecule has 1 N–H and O–H groups in total. The van der Waals surface area contributed by atoms with Gasteiger partial charge in [-0.25, -0.2) is 9.37 Å². The Morgan fingerprint density at radius 3 is 2.88 bits per heavy atom. The number of nitrogens with one attached hydrogen (secondary N) is 1. The first-order valence-electron chi connectivity index (χ1n) is 10.1. The second-order valence-electron chi connectivity index (χ2n) is 7.55. The van der Waals surface area contributed by atoms with E-state index in [0.29, 0.717) is 41.5 Å². The van der Waals surface area contributed by atoms with Crippen molar-refractivity contribution < 1.29 is 9.18 Å². The monoisotopic (exact) mass is 497 g/mol. The summed E-state index contributed by atoms with van der Waals surface area (Å²) in [4.78, 5) is 31.1. The number of H-pyrrole nitrogens is 1. The molecule has 0 aliphatic rings. The second kappa shape index (κ2) is 9.44. The minimum atomic E-state index is -0.305. The van der Waals surface area contributed by atoms with Crippen LogP contribution < -0.4 is 5.56 Å². The van der Waals surface area contributed by atoms with Crippen LogP contribution in [-0.2, 0) is 17.8 Å². The maximum atomic E-state index is 13.4. The number of rotatable bonds is 7. The van der Waals surface area contributed by atoms with Crippen LogP contribution in [0.5, 0.6) is 0 Å². The van der Waals surface area contributed by atoms with Gasteiger partial charge in [0.1, 0.15) is 12.4 Å². The number of aromatic nitrogens is 4. The van der Waals surface area contributed by atoms with Crippen LogP contribution in [0.4, 0.5) is 4.39 Å². The molecule has 0 saturated carbocycles. The van der Waals surface area contributed by atoms with Crippen LogP contribution in [0.25, 0.3) is 22.2 Å². The zero-order valence-electron chi connectivity index (χ0n) is 17.4. The lowest BCUT2D eigenvalue weighted by atomic mass is 10.1. The number of hydrogen-bond donors (Lipinski definition) is 1. The Kier molecular flexibility index (Phi) is 6.45.